The Hall–Kier alpha value is -4.28. The number of aromatic hydroxyl groups is 1. The van der Waals surface area contributed by atoms with Crippen LogP contribution in [0.3, 0.4) is 0 Å². The molecular weight excluding hydrogens is 489 g/mol. The van der Waals surface area contributed by atoms with Crippen LogP contribution in [0.15, 0.2) is 54.7 Å². The monoisotopic (exact) mass is 510 g/mol. The molecular formula is C26H21F3N4O4. The Morgan fingerprint density at radius 2 is 1.92 bits per heavy atom. The summed E-state index contributed by atoms with van der Waals surface area (Å²) in [6, 6.07) is 10.3. The van der Waals surface area contributed by atoms with Gasteiger partial charge in [0, 0.05) is 35.3 Å². The van der Waals surface area contributed by atoms with Crippen molar-refractivity contribution in [3.63, 3.8) is 0 Å². The van der Waals surface area contributed by atoms with E-state index in [0.29, 0.717) is 35.7 Å². The maximum absolute atomic E-state index is 12.7. The van der Waals surface area contributed by atoms with E-state index in [2.05, 4.69) is 20.9 Å². The zero-order valence-electron chi connectivity index (χ0n) is 19.2. The van der Waals surface area contributed by atoms with Crippen molar-refractivity contribution < 1.29 is 32.6 Å². The molecule has 0 unspecified atom stereocenters. The van der Waals surface area contributed by atoms with E-state index in [9.17, 15) is 27.9 Å². The predicted octanol–water partition coefficient (Wildman–Crippen LogP) is 5.16. The minimum atomic E-state index is -4.45. The highest BCUT2D eigenvalue weighted by molar-refractivity contribution is 5.93. The van der Waals surface area contributed by atoms with E-state index >= 15 is 0 Å². The predicted molar refractivity (Wildman–Crippen MR) is 127 cm³/mol. The summed E-state index contributed by atoms with van der Waals surface area (Å²) < 4.78 is 44.3. The number of fused-ring (bicyclic) bond motifs is 2. The van der Waals surface area contributed by atoms with Crippen molar-refractivity contribution in [2.75, 3.05) is 10.6 Å². The van der Waals surface area contributed by atoms with Crippen LogP contribution in [-0.2, 0) is 17.4 Å². The van der Waals surface area contributed by atoms with Crippen molar-refractivity contribution in [3.8, 4) is 17.2 Å². The lowest BCUT2D eigenvalue weighted by atomic mass is 9.99. The van der Waals surface area contributed by atoms with Crippen LogP contribution >= 0.6 is 0 Å². The number of aromatic nitrogens is 1. The molecule has 2 heterocycles. The van der Waals surface area contributed by atoms with Crippen LogP contribution < -0.4 is 20.7 Å². The number of phenolic OH excluding ortho intramolecular Hbond substituents is 1. The summed E-state index contributed by atoms with van der Waals surface area (Å²) in [7, 11) is 0. The van der Waals surface area contributed by atoms with Crippen LogP contribution in [0.4, 0.5) is 29.5 Å². The van der Waals surface area contributed by atoms with Crippen molar-refractivity contribution >= 4 is 23.4 Å². The smallest absolute Gasteiger partial charge is 0.416 e. The van der Waals surface area contributed by atoms with Gasteiger partial charge in [-0.3, -0.25) is 4.79 Å². The van der Waals surface area contributed by atoms with Crippen LogP contribution in [0.1, 0.15) is 35.4 Å². The standard InChI is InChI=1S/C26H21F3N4O4/c27-26(28,29)13-1-3-14(4-2-13)31-24(36)33-25-12-18(25)22(25)17-11-15(5-7-19(17)34)37-20-9-10-30-23-16(20)6-8-21(35)32-23/h1-5,7,9-11,18,22,34H,6,8,12H2,(H,30,32,35)(H2,31,33,36)/t18-,22+,25-/m0/s1. The highest BCUT2D eigenvalue weighted by Crippen LogP contribution is 2.77. The highest BCUT2D eigenvalue weighted by Gasteiger charge is 2.80. The third-order valence-corrected chi connectivity index (χ3v) is 7.16. The van der Waals surface area contributed by atoms with E-state index in [-0.39, 0.29) is 29.2 Å². The fourth-order valence-corrected chi connectivity index (χ4v) is 5.06. The fourth-order valence-electron chi connectivity index (χ4n) is 5.06. The number of pyridine rings is 1. The number of nitrogens with one attached hydrogen (secondary N) is 3. The number of nitrogens with zero attached hydrogens (tertiary/aromatic N) is 1. The lowest BCUT2D eigenvalue weighted by molar-refractivity contribution is -0.137. The number of anilines is 2. The summed E-state index contributed by atoms with van der Waals surface area (Å²) in [4.78, 5) is 28.4. The molecule has 3 amide bonds. The number of amides is 3. The van der Waals surface area contributed by atoms with Gasteiger partial charge in [-0.05, 0) is 67.3 Å². The number of benzene rings is 2. The lowest BCUT2D eigenvalue weighted by Crippen LogP contribution is -2.36. The summed E-state index contributed by atoms with van der Waals surface area (Å²) in [6.07, 6.45) is -1.33. The molecule has 2 aliphatic carbocycles. The molecule has 0 spiro atoms. The van der Waals surface area contributed by atoms with Crippen LogP contribution in [-0.4, -0.2) is 27.6 Å². The molecule has 2 saturated carbocycles. The molecule has 8 nitrogen and oxygen atoms in total. The number of carbonyl (C=O) groups excluding carboxylic acids is 2. The Kier molecular flexibility index (Phi) is 5.08. The SMILES string of the molecule is O=C1CCc2c(Oc3ccc(O)c([C@@H]4[C@@H]5C[C@@]45NC(=O)Nc4ccc(C(F)(F)F)cc4)c3)ccnc2N1. The zero-order chi connectivity index (χ0) is 25.9. The van der Waals surface area contributed by atoms with Gasteiger partial charge in [0.2, 0.25) is 5.91 Å². The largest absolute Gasteiger partial charge is 0.508 e. The number of halogens is 3. The first kappa shape index (κ1) is 23.1. The average molecular weight is 510 g/mol. The maximum atomic E-state index is 12.7. The molecule has 1 aliphatic heterocycles. The summed E-state index contributed by atoms with van der Waals surface area (Å²) in [6.45, 7) is 0. The molecule has 190 valence electrons. The highest BCUT2D eigenvalue weighted by atomic mass is 19.4. The maximum Gasteiger partial charge on any atom is 0.416 e. The van der Waals surface area contributed by atoms with Crippen molar-refractivity contribution in [2.24, 2.45) is 5.92 Å². The molecule has 3 aromatic rings. The Labute approximate surface area is 208 Å². The molecule has 0 bridgehead atoms. The number of urea groups is 1. The molecule has 0 saturated heterocycles. The van der Waals surface area contributed by atoms with Crippen LogP contribution in [0.5, 0.6) is 17.2 Å². The summed E-state index contributed by atoms with van der Waals surface area (Å²) in [5.41, 5.74) is 0.373. The number of rotatable bonds is 5. The first-order valence-electron chi connectivity index (χ1n) is 11.7. The van der Waals surface area contributed by atoms with Gasteiger partial charge in [-0.25, -0.2) is 9.78 Å². The fraction of sp³-hybridized carbons (Fsp3) is 0.269. The quantitative estimate of drug-likeness (QED) is 0.379. The first-order valence-corrected chi connectivity index (χ1v) is 11.7. The Morgan fingerprint density at radius 1 is 1.14 bits per heavy atom. The number of hydrogen-bond donors (Lipinski definition) is 4. The Bertz CT molecular complexity index is 1430. The van der Waals surface area contributed by atoms with Gasteiger partial charge in [-0.2, -0.15) is 13.2 Å². The third-order valence-electron chi connectivity index (χ3n) is 7.16. The average Bonchev–Trinajstić information content (AvgIpc) is 3.70. The lowest BCUT2D eigenvalue weighted by Gasteiger charge is -2.20. The van der Waals surface area contributed by atoms with Crippen LogP contribution in [0.2, 0.25) is 0 Å². The molecule has 1 aromatic heterocycles. The van der Waals surface area contributed by atoms with Gasteiger partial charge < -0.3 is 25.8 Å². The summed E-state index contributed by atoms with van der Waals surface area (Å²) >= 11 is 0. The molecule has 37 heavy (non-hydrogen) atoms. The van der Waals surface area contributed by atoms with Crippen LogP contribution in [0, 0.1) is 5.92 Å². The minimum Gasteiger partial charge on any atom is -0.508 e. The van der Waals surface area contributed by atoms with E-state index in [1.54, 1.807) is 24.4 Å². The number of hydrogen-bond acceptors (Lipinski definition) is 5. The molecule has 3 atom stereocenters. The van der Waals surface area contributed by atoms with Crippen molar-refractivity contribution in [2.45, 2.75) is 36.9 Å². The third kappa shape index (κ3) is 4.20. The Morgan fingerprint density at radius 3 is 2.65 bits per heavy atom. The first-order chi connectivity index (χ1) is 17.6. The molecule has 11 heteroatoms. The van der Waals surface area contributed by atoms with Gasteiger partial charge in [0.15, 0.2) is 0 Å². The van der Waals surface area contributed by atoms with E-state index in [1.807, 2.05) is 0 Å². The van der Waals surface area contributed by atoms with E-state index < -0.39 is 23.3 Å². The topological polar surface area (TPSA) is 113 Å². The molecule has 4 N–H and O–H groups in total. The second-order valence-corrected chi connectivity index (χ2v) is 9.49. The van der Waals surface area contributed by atoms with E-state index in [4.69, 9.17) is 4.74 Å². The zero-order valence-corrected chi connectivity index (χ0v) is 19.2. The van der Waals surface area contributed by atoms with Crippen molar-refractivity contribution in [1.29, 1.82) is 0 Å². The number of ether oxygens (including phenoxy) is 1. The van der Waals surface area contributed by atoms with Gasteiger partial charge in [0.05, 0.1) is 11.1 Å². The number of alkyl halides is 3. The molecule has 2 aromatic carbocycles. The summed E-state index contributed by atoms with van der Waals surface area (Å²) in [5.74, 6) is 1.55. The van der Waals surface area contributed by atoms with Gasteiger partial charge in [-0.1, -0.05) is 0 Å². The van der Waals surface area contributed by atoms with Gasteiger partial charge in [-0.15, -0.1) is 0 Å². The van der Waals surface area contributed by atoms with Crippen molar-refractivity contribution in [1.82, 2.24) is 10.3 Å². The number of phenols is 1. The van der Waals surface area contributed by atoms with Crippen LogP contribution in [0.25, 0.3) is 0 Å². The molecule has 2 fully saturated rings. The van der Waals surface area contributed by atoms with Gasteiger partial charge in [0.1, 0.15) is 23.1 Å². The van der Waals surface area contributed by atoms with Gasteiger partial charge in [0.25, 0.3) is 0 Å². The Balaban J connectivity index is 1.14. The van der Waals surface area contributed by atoms with Crippen molar-refractivity contribution in [3.05, 3.63) is 71.4 Å². The van der Waals surface area contributed by atoms with E-state index in [0.717, 1.165) is 24.1 Å². The summed E-state index contributed by atoms with van der Waals surface area (Å²) in [5, 5.41) is 18.7. The van der Waals surface area contributed by atoms with E-state index in [1.165, 1.54) is 18.2 Å². The second kappa shape index (κ2) is 8.12. The van der Waals surface area contributed by atoms with Gasteiger partial charge >= 0.3 is 12.2 Å². The second-order valence-electron chi connectivity index (χ2n) is 9.49. The minimum absolute atomic E-state index is 0.0814. The normalized spacial score (nSPS) is 23.3. The molecule has 0 radical (unpaired) electrons. The number of carbonyl (C=O) groups is 2. The molecule has 6 rings (SSSR count). The molecule has 3 aliphatic rings.